The number of halogens is 1. The van der Waals surface area contributed by atoms with Gasteiger partial charge in [0.2, 0.25) is 0 Å². The Labute approximate surface area is 76.0 Å². The minimum absolute atomic E-state index is 0.118. The fourth-order valence-corrected chi connectivity index (χ4v) is 1.87. The highest BCUT2D eigenvalue weighted by Gasteiger charge is 2.06. The van der Waals surface area contributed by atoms with Crippen molar-refractivity contribution in [1.82, 2.24) is 10.3 Å². The van der Waals surface area contributed by atoms with Gasteiger partial charge in [0.25, 0.3) is 5.91 Å². The molecule has 5 heteroatoms. The van der Waals surface area contributed by atoms with Crippen LogP contribution in [0.25, 0.3) is 0 Å². The van der Waals surface area contributed by atoms with Crippen LogP contribution >= 0.6 is 33.9 Å². The van der Waals surface area contributed by atoms with Gasteiger partial charge in [-0.3, -0.25) is 4.79 Å². The van der Waals surface area contributed by atoms with E-state index in [0.717, 1.165) is 3.70 Å². The summed E-state index contributed by atoms with van der Waals surface area (Å²) in [4.78, 5) is 14.8. The molecule has 1 N–H and O–H groups in total. The molecule has 1 amide bonds. The number of nitrogens with one attached hydrogen (secondary N) is 1. The van der Waals surface area contributed by atoms with Crippen molar-refractivity contribution in [3.63, 3.8) is 0 Å². The van der Waals surface area contributed by atoms with Crippen LogP contribution in [0, 0.1) is 3.70 Å². The van der Waals surface area contributed by atoms with Crippen molar-refractivity contribution in [1.29, 1.82) is 0 Å². The molecule has 3 nitrogen and oxygen atoms in total. The van der Waals surface area contributed by atoms with Crippen LogP contribution in [-0.4, -0.2) is 17.9 Å². The lowest BCUT2D eigenvalue weighted by Gasteiger charge is -1.89. The van der Waals surface area contributed by atoms with E-state index in [-0.39, 0.29) is 5.91 Å². The number of carbonyl (C=O) groups is 1. The molecule has 0 spiro atoms. The number of nitrogens with zero attached hydrogens (tertiary/aromatic N) is 1. The molecular weight excluding hydrogens is 263 g/mol. The quantitative estimate of drug-likeness (QED) is 0.775. The lowest BCUT2D eigenvalue weighted by molar-refractivity contribution is 0.0962. The topological polar surface area (TPSA) is 42.0 Å². The number of amides is 1. The molecule has 0 unspecified atom stereocenters. The average Bonchev–Trinajstić information content (AvgIpc) is 2.34. The first-order valence-corrected chi connectivity index (χ1v) is 4.53. The summed E-state index contributed by atoms with van der Waals surface area (Å²) in [7, 11) is 1.59. The number of carbonyl (C=O) groups excluding carboxylic acids is 1. The average molecular weight is 268 g/mol. The second kappa shape index (κ2) is 3.29. The fourth-order valence-electron chi connectivity index (χ4n) is 0.465. The molecule has 1 aromatic rings. The van der Waals surface area contributed by atoms with Gasteiger partial charge < -0.3 is 5.32 Å². The molecule has 0 saturated carbocycles. The van der Waals surface area contributed by atoms with Crippen LogP contribution in [0.15, 0.2) is 5.38 Å². The van der Waals surface area contributed by atoms with E-state index in [9.17, 15) is 4.79 Å². The van der Waals surface area contributed by atoms with Crippen molar-refractivity contribution in [2.75, 3.05) is 7.05 Å². The molecule has 0 atom stereocenters. The van der Waals surface area contributed by atoms with Gasteiger partial charge >= 0.3 is 0 Å². The highest BCUT2D eigenvalue weighted by atomic mass is 127. The summed E-state index contributed by atoms with van der Waals surface area (Å²) < 4.78 is 0.862. The van der Waals surface area contributed by atoms with E-state index in [4.69, 9.17) is 0 Å². The molecule has 10 heavy (non-hydrogen) atoms. The van der Waals surface area contributed by atoms with Gasteiger partial charge in [0.1, 0.15) is 3.70 Å². The molecule has 0 aliphatic rings. The number of thiazole rings is 1. The van der Waals surface area contributed by atoms with Crippen LogP contribution in [0.5, 0.6) is 0 Å². The third kappa shape index (κ3) is 1.66. The van der Waals surface area contributed by atoms with E-state index < -0.39 is 0 Å². The first kappa shape index (κ1) is 7.93. The molecule has 0 aliphatic heterocycles. The summed E-state index contributed by atoms with van der Waals surface area (Å²) in [5, 5.41) is 4.86. The summed E-state index contributed by atoms with van der Waals surface area (Å²) in [6.07, 6.45) is 0. The zero-order valence-electron chi connectivity index (χ0n) is 5.22. The van der Waals surface area contributed by atoms with Gasteiger partial charge in [0, 0.05) is 12.4 Å². The molecule has 54 valence electrons. The van der Waals surface area contributed by atoms with E-state index in [1.165, 1.54) is 11.3 Å². The van der Waals surface area contributed by atoms with Gasteiger partial charge in [-0.2, -0.15) is 0 Å². The minimum atomic E-state index is -0.118. The first-order valence-electron chi connectivity index (χ1n) is 2.57. The molecule has 0 fully saturated rings. The predicted molar refractivity (Wildman–Crippen MR) is 48.2 cm³/mol. The zero-order chi connectivity index (χ0) is 7.56. The van der Waals surface area contributed by atoms with Crippen molar-refractivity contribution in [2.24, 2.45) is 0 Å². The Morgan fingerprint density at radius 2 is 2.60 bits per heavy atom. The van der Waals surface area contributed by atoms with Gasteiger partial charge in [-0.25, -0.2) is 4.98 Å². The summed E-state index contributed by atoms with van der Waals surface area (Å²) in [5.74, 6) is -0.118. The van der Waals surface area contributed by atoms with E-state index >= 15 is 0 Å². The van der Waals surface area contributed by atoms with E-state index in [2.05, 4.69) is 32.9 Å². The highest BCUT2D eigenvalue weighted by Crippen LogP contribution is 2.10. The largest absolute Gasteiger partial charge is 0.353 e. The molecule has 0 aliphatic carbocycles. The molecule has 0 aromatic carbocycles. The van der Waals surface area contributed by atoms with Crippen LogP contribution in [0.4, 0.5) is 0 Å². The monoisotopic (exact) mass is 268 g/mol. The number of aromatic nitrogens is 1. The Balaban J connectivity index is 2.85. The SMILES string of the molecule is CNC(=O)c1nc(I)cs1. The van der Waals surface area contributed by atoms with Crippen molar-refractivity contribution in [2.45, 2.75) is 0 Å². The van der Waals surface area contributed by atoms with Crippen LogP contribution in [0.1, 0.15) is 9.80 Å². The van der Waals surface area contributed by atoms with Crippen molar-refractivity contribution < 1.29 is 4.79 Å². The standard InChI is InChI=1S/C5H5IN2OS/c1-7-4(9)5-8-3(6)2-10-5/h2H,1H3,(H,7,9). The Kier molecular flexibility index (Phi) is 2.61. The Morgan fingerprint density at radius 3 is 3.00 bits per heavy atom. The van der Waals surface area contributed by atoms with Crippen molar-refractivity contribution >= 4 is 39.8 Å². The molecule has 1 rings (SSSR count). The van der Waals surface area contributed by atoms with Crippen molar-refractivity contribution in [3.05, 3.63) is 14.1 Å². The van der Waals surface area contributed by atoms with Gasteiger partial charge in [-0.1, -0.05) is 0 Å². The fraction of sp³-hybridized carbons (Fsp3) is 0.200. The van der Waals surface area contributed by atoms with Gasteiger partial charge in [0.05, 0.1) is 0 Å². The van der Waals surface area contributed by atoms with Crippen molar-refractivity contribution in [3.8, 4) is 0 Å². The van der Waals surface area contributed by atoms with Crippen LogP contribution in [-0.2, 0) is 0 Å². The second-order valence-electron chi connectivity index (χ2n) is 1.55. The lowest BCUT2D eigenvalue weighted by Crippen LogP contribution is -2.17. The maximum Gasteiger partial charge on any atom is 0.280 e. The van der Waals surface area contributed by atoms with Gasteiger partial charge in [-0.15, -0.1) is 11.3 Å². The van der Waals surface area contributed by atoms with E-state index in [1.807, 2.05) is 5.38 Å². The maximum atomic E-state index is 10.9. The van der Waals surface area contributed by atoms with Gasteiger partial charge in [-0.05, 0) is 22.6 Å². The molecule has 1 heterocycles. The lowest BCUT2D eigenvalue weighted by atomic mass is 10.6. The Bertz CT molecular complexity index is 248. The number of hydrogen-bond donors (Lipinski definition) is 1. The molecule has 1 aromatic heterocycles. The summed E-state index contributed by atoms with van der Waals surface area (Å²) in [6, 6.07) is 0. The third-order valence-electron chi connectivity index (χ3n) is 0.897. The maximum absolute atomic E-state index is 10.9. The van der Waals surface area contributed by atoms with Gasteiger partial charge in [0.15, 0.2) is 5.01 Å². The highest BCUT2D eigenvalue weighted by molar-refractivity contribution is 14.1. The van der Waals surface area contributed by atoms with Crippen LogP contribution < -0.4 is 5.32 Å². The second-order valence-corrected chi connectivity index (χ2v) is 3.52. The molecule has 0 saturated heterocycles. The third-order valence-corrected chi connectivity index (χ3v) is 2.71. The molecule has 0 bridgehead atoms. The van der Waals surface area contributed by atoms with Crippen LogP contribution in [0.2, 0.25) is 0 Å². The smallest absolute Gasteiger partial charge is 0.280 e. The molecular formula is C5H5IN2OS. The summed E-state index contributed by atoms with van der Waals surface area (Å²) in [5.41, 5.74) is 0. The normalized spacial score (nSPS) is 9.40. The number of rotatable bonds is 1. The van der Waals surface area contributed by atoms with Crippen LogP contribution in [0.3, 0.4) is 0 Å². The predicted octanol–water partition coefficient (Wildman–Crippen LogP) is 1.11. The Morgan fingerprint density at radius 1 is 1.90 bits per heavy atom. The summed E-state index contributed by atoms with van der Waals surface area (Å²) >= 11 is 3.42. The molecule has 0 radical (unpaired) electrons. The number of hydrogen-bond acceptors (Lipinski definition) is 3. The Hall–Kier alpha value is -0.170. The first-order chi connectivity index (χ1) is 4.74. The summed E-state index contributed by atoms with van der Waals surface area (Å²) in [6.45, 7) is 0. The zero-order valence-corrected chi connectivity index (χ0v) is 8.19. The van der Waals surface area contributed by atoms with E-state index in [1.54, 1.807) is 7.05 Å². The minimum Gasteiger partial charge on any atom is -0.353 e. The van der Waals surface area contributed by atoms with E-state index in [0.29, 0.717) is 5.01 Å².